The molecule has 0 aromatic heterocycles. The summed E-state index contributed by atoms with van der Waals surface area (Å²) in [4.78, 5) is 0. The Morgan fingerprint density at radius 2 is 1.93 bits per heavy atom. The van der Waals surface area contributed by atoms with Gasteiger partial charge in [0, 0.05) is 6.42 Å². The van der Waals surface area contributed by atoms with E-state index in [1.165, 1.54) is 56.9 Å². The van der Waals surface area contributed by atoms with Crippen LogP contribution in [0.15, 0.2) is 34.9 Å². The maximum absolute atomic E-state index is 10.3. The van der Waals surface area contributed by atoms with Gasteiger partial charge in [0.1, 0.15) is 0 Å². The third-order valence-corrected chi connectivity index (χ3v) is 8.77. The van der Waals surface area contributed by atoms with Crippen molar-refractivity contribution in [3.8, 4) is 0 Å². The van der Waals surface area contributed by atoms with Gasteiger partial charge in [0.2, 0.25) is 0 Å². The van der Waals surface area contributed by atoms with Crippen LogP contribution in [0.2, 0.25) is 0 Å². The highest BCUT2D eigenvalue weighted by Gasteiger charge is 2.50. The molecule has 6 atom stereocenters. The Kier molecular flexibility index (Phi) is 7.72. The van der Waals surface area contributed by atoms with Gasteiger partial charge in [-0.15, -0.1) is 0 Å². The molecule has 3 fully saturated rings. The molecular formula is C28H46O2. The Morgan fingerprint density at radius 1 is 1.20 bits per heavy atom. The van der Waals surface area contributed by atoms with Crippen molar-refractivity contribution in [3.63, 3.8) is 0 Å². The number of rotatable bonds is 6. The highest BCUT2D eigenvalue weighted by atomic mass is 16.3. The predicted molar refractivity (Wildman–Crippen MR) is 127 cm³/mol. The molecule has 3 saturated carbocycles. The third-order valence-electron chi connectivity index (χ3n) is 8.77. The smallest absolute Gasteiger partial charge is 0.0811 e. The van der Waals surface area contributed by atoms with Crippen LogP contribution < -0.4 is 0 Å². The van der Waals surface area contributed by atoms with Gasteiger partial charge < -0.3 is 10.2 Å². The van der Waals surface area contributed by atoms with Gasteiger partial charge in [0.25, 0.3) is 0 Å². The molecule has 0 unspecified atom stereocenters. The predicted octanol–water partition coefficient (Wildman–Crippen LogP) is 6.98. The van der Waals surface area contributed by atoms with Crippen LogP contribution in [-0.4, -0.2) is 22.4 Å². The standard InChI is InChI=1S/C28H46O2/c1-18(2)9-7-10-19(3)25-12-13-26-22(11-8-14-28(25,26)6)15-20(4)24-16-23(29)17-27(30)21(24)5/h15,18-19,23,25-27,29-30H,5,7-14,16-17H2,1-4,6H3/b22-15+,24-20-/t19-,23-,25-,26+,27+,28-/m1/s1. The highest BCUT2D eigenvalue weighted by Crippen LogP contribution is 2.60. The largest absolute Gasteiger partial charge is 0.393 e. The van der Waals surface area contributed by atoms with Crippen molar-refractivity contribution in [2.75, 3.05) is 0 Å². The van der Waals surface area contributed by atoms with Crippen molar-refractivity contribution in [2.45, 2.75) is 111 Å². The van der Waals surface area contributed by atoms with Crippen LogP contribution in [0.1, 0.15) is 98.8 Å². The number of allylic oxidation sites excluding steroid dienone is 3. The van der Waals surface area contributed by atoms with Crippen LogP contribution in [-0.2, 0) is 0 Å². The van der Waals surface area contributed by atoms with E-state index in [-0.39, 0.29) is 0 Å². The second-order valence-corrected chi connectivity index (χ2v) is 11.4. The molecule has 3 aliphatic carbocycles. The number of hydrogen-bond acceptors (Lipinski definition) is 2. The first-order chi connectivity index (χ1) is 14.1. The first-order valence-corrected chi connectivity index (χ1v) is 12.6. The summed E-state index contributed by atoms with van der Waals surface area (Å²) in [6.45, 7) is 16.1. The van der Waals surface area contributed by atoms with Crippen molar-refractivity contribution in [2.24, 2.45) is 29.1 Å². The molecule has 2 N–H and O–H groups in total. The summed E-state index contributed by atoms with van der Waals surface area (Å²) in [5.74, 6) is 3.18. The molecule has 0 aromatic carbocycles. The highest BCUT2D eigenvalue weighted by molar-refractivity contribution is 5.43. The van der Waals surface area contributed by atoms with E-state index in [2.05, 4.69) is 47.3 Å². The van der Waals surface area contributed by atoms with E-state index in [9.17, 15) is 10.2 Å². The Morgan fingerprint density at radius 3 is 2.63 bits per heavy atom. The number of aliphatic hydroxyl groups excluding tert-OH is 2. The molecule has 0 aliphatic heterocycles. The second-order valence-electron chi connectivity index (χ2n) is 11.4. The Labute approximate surface area is 185 Å². The maximum Gasteiger partial charge on any atom is 0.0811 e. The van der Waals surface area contributed by atoms with Crippen LogP contribution in [0, 0.1) is 29.1 Å². The molecule has 0 aromatic rings. The molecule has 30 heavy (non-hydrogen) atoms. The van der Waals surface area contributed by atoms with Gasteiger partial charge in [-0.05, 0) is 91.3 Å². The summed E-state index contributed by atoms with van der Waals surface area (Å²) in [5.41, 5.74) is 5.17. The minimum atomic E-state index is -0.601. The van der Waals surface area contributed by atoms with Crippen molar-refractivity contribution >= 4 is 0 Å². The minimum Gasteiger partial charge on any atom is -0.393 e. The Hall–Kier alpha value is -0.860. The normalized spacial score (nSPS) is 38.8. The molecule has 0 radical (unpaired) electrons. The molecule has 2 nitrogen and oxygen atoms in total. The van der Waals surface area contributed by atoms with E-state index in [0.29, 0.717) is 24.2 Å². The molecule has 0 saturated heterocycles. The molecule has 0 spiro atoms. The maximum atomic E-state index is 10.3. The van der Waals surface area contributed by atoms with Crippen LogP contribution in [0.5, 0.6) is 0 Å². The van der Waals surface area contributed by atoms with Crippen molar-refractivity contribution in [1.82, 2.24) is 0 Å². The van der Waals surface area contributed by atoms with Gasteiger partial charge >= 0.3 is 0 Å². The molecule has 3 rings (SSSR count). The first-order valence-electron chi connectivity index (χ1n) is 12.6. The molecular weight excluding hydrogens is 368 g/mol. The average Bonchev–Trinajstić information content (AvgIpc) is 3.02. The van der Waals surface area contributed by atoms with E-state index in [1.807, 2.05) is 0 Å². The SMILES string of the molecule is C=C1/C(=C(C)\C=C2/CCC[C@]3(C)[C@@H]([C@H](C)CCCC(C)C)CC[C@@H]23)C[C@@H](O)C[C@@H]1O. The van der Waals surface area contributed by atoms with Crippen molar-refractivity contribution in [3.05, 3.63) is 34.9 Å². The first kappa shape index (κ1) is 23.8. The van der Waals surface area contributed by atoms with E-state index >= 15 is 0 Å². The van der Waals surface area contributed by atoms with Crippen molar-refractivity contribution < 1.29 is 10.2 Å². The van der Waals surface area contributed by atoms with E-state index in [0.717, 1.165) is 28.9 Å². The molecule has 0 bridgehead atoms. The Bertz CT molecular complexity index is 685. The van der Waals surface area contributed by atoms with Gasteiger partial charge in [-0.25, -0.2) is 0 Å². The fourth-order valence-corrected chi connectivity index (χ4v) is 7.07. The van der Waals surface area contributed by atoms with Gasteiger partial charge in [-0.3, -0.25) is 0 Å². The lowest BCUT2D eigenvalue weighted by Crippen LogP contribution is -2.36. The monoisotopic (exact) mass is 414 g/mol. The van der Waals surface area contributed by atoms with Gasteiger partial charge in [-0.1, -0.05) is 65.2 Å². The molecule has 0 heterocycles. The van der Waals surface area contributed by atoms with Gasteiger partial charge in [-0.2, -0.15) is 0 Å². The summed E-state index contributed by atoms with van der Waals surface area (Å²) in [7, 11) is 0. The number of fused-ring (bicyclic) bond motifs is 1. The number of aliphatic hydroxyl groups is 2. The average molecular weight is 415 g/mol. The van der Waals surface area contributed by atoms with Crippen molar-refractivity contribution in [1.29, 1.82) is 0 Å². The van der Waals surface area contributed by atoms with E-state index in [1.54, 1.807) is 5.57 Å². The third kappa shape index (κ3) is 4.96. The van der Waals surface area contributed by atoms with Crippen LogP contribution in [0.3, 0.4) is 0 Å². The fourth-order valence-electron chi connectivity index (χ4n) is 7.07. The molecule has 0 amide bonds. The van der Waals surface area contributed by atoms with Gasteiger partial charge in [0.15, 0.2) is 0 Å². The number of hydrogen-bond donors (Lipinski definition) is 2. The lowest BCUT2D eigenvalue weighted by molar-refractivity contribution is 0.0858. The molecule has 3 aliphatic rings. The van der Waals surface area contributed by atoms with Crippen LogP contribution in [0.4, 0.5) is 0 Å². The zero-order valence-corrected chi connectivity index (χ0v) is 20.2. The second kappa shape index (κ2) is 9.74. The van der Waals surface area contributed by atoms with Gasteiger partial charge in [0.05, 0.1) is 12.2 Å². The quantitative estimate of drug-likeness (QED) is 0.492. The van der Waals surface area contributed by atoms with Crippen LogP contribution in [0.25, 0.3) is 0 Å². The molecule has 2 heteroatoms. The fraction of sp³-hybridized carbons (Fsp3) is 0.786. The summed E-state index contributed by atoms with van der Waals surface area (Å²) in [6, 6.07) is 0. The lowest BCUT2D eigenvalue weighted by atomic mass is 9.60. The zero-order valence-electron chi connectivity index (χ0n) is 20.2. The topological polar surface area (TPSA) is 40.5 Å². The minimum absolute atomic E-state index is 0.420. The zero-order chi connectivity index (χ0) is 22.1. The lowest BCUT2D eigenvalue weighted by Gasteiger charge is -2.44. The van der Waals surface area contributed by atoms with Crippen LogP contribution >= 0.6 is 0 Å². The summed E-state index contributed by atoms with van der Waals surface area (Å²) < 4.78 is 0. The van der Waals surface area contributed by atoms with E-state index < -0.39 is 12.2 Å². The Balaban J connectivity index is 1.77. The summed E-state index contributed by atoms with van der Waals surface area (Å²) >= 11 is 0. The summed E-state index contributed by atoms with van der Waals surface area (Å²) in [5, 5.41) is 20.4. The van der Waals surface area contributed by atoms with E-state index in [4.69, 9.17) is 0 Å². The summed E-state index contributed by atoms with van der Waals surface area (Å²) in [6.07, 6.45) is 13.1. The molecule has 170 valence electrons.